The molecule has 0 aliphatic rings. The molecule has 4 aromatic carbocycles. The van der Waals surface area contributed by atoms with E-state index in [0.29, 0.717) is 39.5 Å². The lowest BCUT2D eigenvalue weighted by Gasteiger charge is -2.14. The summed E-state index contributed by atoms with van der Waals surface area (Å²) in [5.41, 5.74) is 0.924. The van der Waals surface area contributed by atoms with Crippen molar-refractivity contribution in [2.45, 2.75) is 0 Å². The van der Waals surface area contributed by atoms with Gasteiger partial charge in [-0.15, -0.1) is 0 Å². The third kappa shape index (κ3) is 3.86. The van der Waals surface area contributed by atoms with Crippen molar-refractivity contribution in [1.29, 1.82) is 0 Å². The van der Waals surface area contributed by atoms with Crippen LogP contribution in [-0.4, -0.2) is 19.4 Å². The van der Waals surface area contributed by atoms with Crippen LogP contribution in [-0.2, 0) is 0 Å². The number of fused-ring (bicyclic) bond motifs is 1. The Balaban J connectivity index is 1.71. The van der Waals surface area contributed by atoms with Crippen molar-refractivity contribution < 1.29 is 23.8 Å². The smallest absolute Gasteiger partial charge is 0.344 e. The molecular weight excluding hydrogens is 380 g/mol. The minimum Gasteiger partial charge on any atom is -0.493 e. The Bertz CT molecular complexity index is 1210. The van der Waals surface area contributed by atoms with Crippen molar-refractivity contribution in [1.82, 2.24) is 0 Å². The zero-order chi connectivity index (χ0) is 20.9. The summed E-state index contributed by atoms with van der Waals surface area (Å²) in [7, 11) is 1.51. The van der Waals surface area contributed by atoms with Gasteiger partial charge in [-0.05, 0) is 47.9 Å². The lowest BCUT2D eigenvalue weighted by molar-refractivity contribution is 0.0736. The molecule has 0 aromatic heterocycles. The molecule has 0 aliphatic heterocycles. The first-order valence-corrected chi connectivity index (χ1v) is 9.29. The fourth-order valence-electron chi connectivity index (χ4n) is 3.15. The van der Waals surface area contributed by atoms with E-state index in [0.717, 1.165) is 11.7 Å². The molecular formula is C25H18O5. The molecule has 0 aliphatic carbocycles. The van der Waals surface area contributed by atoms with Gasteiger partial charge in [0.25, 0.3) is 0 Å². The highest BCUT2D eigenvalue weighted by Gasteiger charge is 2.16. The number of benzene rings is 4. The first kappa shape index (κ1) is 19.2. The Morgan fingerprint density at radius 2 is 1.47 bits per heavy atom. The summed E-state index contributed by atoms with van der Waals surface area (Å²) < 4.78 is 16.9. The van der Waals surface area contributed by atoms with Crippen molar-refractivity contribution >= 4 is 23.0 Å². The van der Waals surface area contributed by atoms with Gasteiger partial charge in [0.2, 0.25) is 0 Å². The first-order valence-electron chi connectivity index (χ1n) is 9.29. The van der Waals surface area contributed by atoms with Crippen LogP contribution in [0, 0.1) is 0 Å². The van der Waals surface area contributed by atoms with E-state index in [1.165, 1.54) is 7.11 Å². The Labute approximate surface area is 173 Å². The molecule has 4 aromatic rings. The van der Waals surface area contributed by atoms with Crippen molar-refractivity contribution in [3.05, 3.63) is 96.1 Å². The second kappa shape index (κ2) is 8.49. The van der Waals surface area contributed by atoms with Crippen LogP contribution in [0.3, 0.4) is 0 Å². The monoisotopic (exact) mass is 398 g/mol. The molecule has 5 heteroatoms. The van der Waals surface area contributed by atoms with Gasteiger partial charge in [-0.3, -0.25) is 4.79 Å². The average molecular weight is 398 g/mol. The highest BCUT2D eigenvalue weighted by Crippen LogP contribution is 2.36. The standard InChI is InChI=1S/C25H18O5/c1-28-24-15-17(16-26)11-13-23(24)30-22-14-12-21(19-9-5-6-10-20(19)22)25(27)29-18-7-3-2-4-8-18/h2-16H,1H3. The molecule has 4 rings (SSSR count). The van der Waals surface area contributed by atoms with Gasteiger partial charge in [0.15, 0.2) is 11.5 Å². The summed E-state index contributed by atoms with van der Waals surface area (Å²) in [6, 6.07) is 24.7. The molecule has 0 bridgehead atoms. The van der Waals surface area contributed by atoms with E-state index in [4.69, 9.17) is 14.2 Å². The van der Waals surface area contributed by atoms with E-state index in [-0.39, 0.29) is 0 Å². The third-order valence-corrected chi connectivity index (χ3v) is 4.60. The van der Waals surface area contributed by atoms with Crippen LogP contribution < -0.4 is 14.2 Å². The molecule has 0 N–H and O–H groups in total. The number of methoxy groups -OCH3 is 1. The minimum absolute atomic E-state index is 0.435. The van der Waals surface area contributed by atoms with Crippen LogP contribution >= 0.6 is 0 Å². The molecule has 0 saturated heterocycles. The van der Waals surface area contributed by atoms with Gasteiger partial charge < -0.3 is 14.2 Å². The highest BCUT2D eigenvalue weighted by molar-refractivity contribution is 6.07. The fourth-order valence-corrected chi connectivity index (χ4v) is 3.15. The van der Waals surface area contributed by atoms with Crippen LogP contribution in [0.15, 0.2) is 84.9 Å². The second-order valence-electron chi connectivity index (χ2n) is 6.49. The second-order valence-corrected chi connectivity index (χ2v) is 6.49. The normalized spacial score (nSPS) is 10.4. The number of carbonyl (C=O) groups is 2. The van der Waals surface area contributed by atoms with Gasteiger partial charge in [0.1, 0.15) is 17.8 Å². The number of aldehydes is 1. The maximum absolute atomic E-state index is 12.8. The molecule has 0 heterocycles. The maximum Gasteiger partial charge on any atom is 0.344 e. The molecule has 0 unspecified atom stereocenters. The Hall–Kier alpha value is -4.12. The van der Waals surface area contributed by atoms with Gasteiger partial charge >= 0.3 is 5.97 Å². The molecule has 0 fully saturated rings. The quantitative estimate of drug-likeness (QED) is 0.238. The lowest BCUT2D eigenvalue weighted by Crippen LogP contribution is -2.09. The van der Waals surface area contributed by atoms with E-state index in [2.05, 4.69) is 0 Å². The Kier molecular flexibility index (Phi) is 5.44. The van der Waals surface area contributed by atoms with E-state index in [1.54, 1.807) is 54.6 Å². The topological polar surface area (TPSA) is 61.8 Å². The van der Waals surface area contributed by atoms with Gasteiger partial charge in [-0.25, -0.2) is 4.79 Å². The van der Waals surface area contributed by atoms with Crippen molar-refractivity contribution in [3.8, 4) is 23.0 Å². The predicted molar refractivity (Wildman–Crippen MR) is 114 cm³/mol. The van der Waals surface area contributed by atoms with Gasteiger partial charge in [-0.2, -0.15) is 0 Å². The van der Waals surface area contributed by atoms with Crippen molar-refractivity contribution in [2.75, 3.05) is 7.11 Å². The number of para-hydroxylation sites is 1. The summed E-state index contributed by atoms with van der Waals surface area (Å²) in [5, 5.41) is 1.46. The largest absolute Gasteiger partial charge is 0.493 e. The summed E-state index contributed by atoms with van der Waals surface area (Å²) in [6.45, 7) is 0. The Morgan fingerprint density at radius 1 is 0.767 bits per heavy atom. The predicted octanol–water partition coefficient (Wildman–Crippen LogP) is 5.67. The van der Waals surface area contributed by atoms with Crippen LogP contribution in [0.5, 0.6) is 23.0 Å². The number of carbonyl (C=O) groups excluding carboxylic acids is 2. The van der Waals surface area contributed by atoms with Crippen molar-refractivity contribution in [3.63, 3.8) is 0 Å². The zero-order valence-electron chi connectivity index (χ0n) is 16.2. The summed E-state index contributed by atoms with van der Waals surface area (Å²) in [6.07, 6.45) is 0.745. The summed E-state index contributed by atoms with van der Waals surface area (Å²) in [5.74, 6) is 1.49. The van der Waals surface area contributed by atoms with Gasteiger partial charge in [0, 0.05) is 10.9 Å². The summed E-state index contributed by atoms with van der Waals surface area (Å²) >= 11 is 0. The van der Waals surface area contributed by atoms with E-state index in [9.17, 15) is 9.59 Å². The van der Waals surface area contributed by atoms with Crippen molar-refractivity contribution in [2.24, 2.45) is 0 Å². The van der Waals surface area contributed by atoms with E-state index < -0.39 is 5.97 Å². The number of hydrogen-bond acceptors (Lipinski definition) is 5. The number of rotatable bonds is 6. The molecule has 0 spiro atoms. The molecule has 0 atom stereocenters. The first-order chi connectivity index (χ1) is 14.7. The molecule has 30 heavy (non-hydrogen) atoms. The number of ether oxygens (including phenoxy) is 3. The van der Waals surface area contributed by atoms with Gasteiger partial charge in [-0.1, -0.05) is 42.5 Å². The SMILES string of the molecule is COc1cc(C=O)ccc1Oc1ccc(C(=O)Oc2ccccc2)c2ccccc12. The zero-order valence-corrected chi connectivity index (χ0v) is 16.2. The molecule has 148 valence electrons. The molecule has 0 amide bonds. The fraction of sp³-hybridized carbons (Fsp3) is 0.0400. The van der Waals surface area contributed by atoms with Crippen LogP contribution in [0.2, 0.25) is 0 Å². The number of hydrogen-bond donors (Lipinski definition) is 0. The van der Waals surface area contributed by atoms with E-state index in [1.807, 2.05) is 30.3 Å². The molecule has 0 radical (unpaired) electrons. The highest BCUT2D eigenvalue weighted by atomic mass is 16.5. The van der Waals surface area contributed by atoms with Gasteiger partial charge in [0.05, 0.1) is 12.7 Å². The average Bonchev–Trinajstić information content (AvgIpc) is 2.80. The molecule has 0 saturated carbocycles. The molecule has 5 nitrogen and oxygen atoms in total. The van der Waals surface area contributed by atoms with Crippen LogP contribution in [0.1, 0.15) is 20.7 Å². The lowest BCUT2D eigenvalue weighted by atomic mass is 10.0. The summed E-state index contributed by atoms with van der Waals surface area (Å²) in [4.78, 5) is 23.8. The van der Waals surface area contributed by atoms with Crippen LogP contribution in [0.4, 0.5) is 0 Å². The van der Waals surface area contributed by atoms with E-state index >= 15 is 0 Å². The van der Waals surface area contributed by atoms with Crippen LogP contribution in [0.25, 0.3) is 10.8 Å². The minimum atomic E-state index is -0.447. The number of esters is 1. The third-order valence-electron chi connectivity index (χ3n) is 4.60. The Morgan fingerprint density at radius 3 is 2.20 bits per heavy atom. The maximum atomic E-state index is 12.8.